The van der Waals surface area contributed by atoms with Crippen molar-refractivity contribution in [2.75, 3.05) is 0 Å². The summed E-state index contributed by atoms with van der Waals surface area (Å²) in [7, 11) is 0. The van der Waals surface area contributed by atoms with Gasteiger partial charge in [0.1, 0.15) is 5.60 Å². The second-order valence-corrected chi connectivity index (χ2v) is 5.87. The van der Waals surface area contributed by atoms with Crippen LogP contribution in [-0.2, 0) is 19.1 Å². The molecule has 96 valence electrons. The Morgan fingerprint density at radius 2 is 2.12 bits per heavy atom. The highest BCUT2D eigenvalue weighted by atomic mass is 16.6. The molecule has 1 saturated heterocycles. The zero-order valence-corrected chi connectivity index (χ0v) is 10.9. The van der Waals surface area contributed by atoms with Crippen LogP contribution in [-0.4, -0.2) is 23.6 Å². The van der Waals surface area contributed by atoms with Crippen LogP contribution >= 0.6 is 0 Å². The highest BCUT2D eigenvalue weighted by Crippen LogP contribution is 2.48. The second kappa shape index (κ2) is 4.00. The molecule has 0 radical (unpaired) electrons. The maximum Gasteiger partial charge on any atom is 0.310 e. The molecule has 0 aromatic heterocycles. The first-order chi connectivity index (χ1) is 7.82. The van der Waals surface area contributed by atoms with Gasteiger partial charge in [0.25, 0.3) is 0 Å². The van der Waals surface area contributed by atoms with Crippen LogP contribution in [0.25, 0.3) is 0 Å². The molecular formula is C13H20O4. The number of fused-ring (bicyclic) bond motifs is 2. The first-order valence-corrected chi connectivity index (χ1v) is 6.26. The number of ether oxygens (including phenoxy) is 2. The van der Waals surface area contributed by atoms with E-state index in [-0.39, 0.29) is 41.4 Å². The average molecular weight is 240 g/mol. The van der Waals surface area contributed by atoms with Crippen molar-refractivity contribution in [3.8, 4) is 0 Å². The molecule has 0 aromatic rings. The molecular weight excluding hydrogens is 220 g/mol. The van der Waals surface area contributed by atoms with Gasteiger partial charge in [-0.1, -0.05) is 6.92 Å². The summed E-state index contributed by atoms with van der Waals surface area (Å²) in [4.78, 5) is 23.8. The number of esters is 2. The van der Waals surface area contributed by atoms with E-state index in [4.69, 9.17) is 9.47 Å². The molecule has 17 heavy (non-hydrogen) atoms. The molecule has 0 amide bonds. The van der Waals surface area contributed by atoms with Gasteiger partial charge in [-0.15, -0.1) is 0 Å². The summed E-state index contributed by atoms with van der Waals surface area (Å²) >= 11 is 0. The lowest BCUT2D eigenvalue weighted by molar-refractivity contribution is -0.160. The first-order valence-electron chi connectivity index (χ1n) is 6.26. The van der Waals surface area contributed by atoms with Crippen LogP contribution < -0.4 is 0 Å². The fourth-order valence-electron chi connectivity index (χ4n) is 3.22. The fraction of sp³-hybridized carbons (Fsp3) is 0.846. The normalized spacial score (nSPS) is 40.3. The monoisotopic (exact) mass is 240 g/mol. The third kappa shape index (κ3) is 2.17. The summed E-state index contributed by atoms with van der Waals surface area (Å²) in [5.41, 5.74) is -0.365. The van der Waals surface area contributed by atoms with Crippen molar-refractivity contribution in [2.45, 2.75) is 52.2 Å². The summed E-state index contributed by atoms with van der Waals surface area (Å²) in [5, 5.41) is 0. The van der Waals surface area contributed by atoms with Crippen molar-refractivity contribution in [2.24, 2.45) is 17.8 Å². The maximum absolute atomic E-state index is 12.0. The molecule has 0 spiro atoms. The van der Waals surface area contributed by atoms with E-state index in [2.05, 4.69) is 0 Å². The topological polar surface area (TPSA) is 52.6 Å². The number of carbonyl (C=O) groups is 2. The standard InChI is InChI=1S/C13H20O4/c1-7(2)16-12(15)10-8(3)5-13(4)6-9(10)11(14)17-13/h7-10H,5-6H2,1-4H3/t8?,9-,10?,13+/m0/s1. The second-order valence-electron chi connectivity index (χ2n) is 5.87. The molecule has 2 unspecified atom stereocenters. The minimum absolute atomic E-state index is 0.136. The molecule has 1 heterocycles. The van der Waals surface area contributed by atoms with Crippen LogP contribution in [0, 0.1) is 17.8 Å². The molecule has 1 aliphatic heterocycles. The van der Waals surface area contributed by atoms with Crippen molar-refractivity contribution in [1.82, 2.24) is 0 Å². The Hall–Kier alpha value is -1.06. The number of hydrogen-bond acceptors (Lipinski definition) is 4. The van der Waals surface area contributed by atoms with Gasteiger partial charge in [-0.3, -0.25) is 9.59 Å². The highest BCUT2D eigenvalue weighted by molar-refractivity contribution is 5.84. The number of hydrogen-bond donors (Lipinski definition) is 0. The Balaban J connectivity index is 2.17. The van der Waals surface area contributed by atoms with E-state index in [1.807, 2.05) is 27.7 Å². The lowest BCUT2D eigenvalue weighted by atomic mass is 9.69. The molecule has 0 aromatic carbocycles. The van der Waals surface area contributed by atoms with Gasteiger partial charge in [-0.25, -0.2) is 0 Å². The smallest absolute Gasteiger partial charge is 0.310 e. The van der Waals surface area contributed by atoms with Crippen molar-refractivity contribution in [3.63, 3.8) is 0 Å². The van der Waals surface area contributed by atoms with Crippen molar-refractivity contribution >= 4 is 11.9 Å². The third-order valence-corrected chi connectivity index (χ3v) is 3.73. The van der Waals surface area contributed by atoms with Crippen molar-refractivity contribution < 1.29 is 19.1 Å². The van der Waals surface area contributed by atoms with Crippen molar-refractivity contribution in [3.05, 3.63) is 0 Å². The molecule has 4 nitrogen and oxygen atoms in total. The van der Waals surface area contributed by atoms with Crippen LogP contribution in [0.2, 0.25) is 0 Å². The fourth-order valence-corrected chi connectivity index (χ4v) is 3.22. The number of rotatable bonds is 2. The molecule has 1 aliphatic carbocycles. The van der Waals surface area contributed by atoms with Gasteiger partial charge in [-0.2, -0.15) is 0 Å². The molecule has 4 atom stereocenters. The van der Waals surface area contributed by atoms with Gasteiger partial charge in [0.15, 0.2) is 0 Å². The first kappa shape index (κ1) is 12.4. The molecule has 2 bridgehead atoms. The summed E-state index contributed by atoms with van der Waals surface area (Å²) < 4.78 is 10.6. The van der Waals surface area contributed by atoms with Gasteiger partial charge >= 0.3 is 11.9 Å². The largest absolute Gasteiger partial charge is 0.463 e. The summed E-state index contributed by atoms with van der Waals surface area (Å²) in [6.45, 7) is 7.59. The summed E-state index contributed by atoms with van der Waals surface area (Å²) in [6, 6.07) is 0. The molecule has 1 saturated carbocycles. The molecule has 4 heteroatoms. The van der Waals surface area contributed by atoms with E-state index in [1.165, 1.54) is 0 Å². The third-order valence-electron chi connectivity index (χ3n) is 3.73. The van der Waals surface area contributed by atoms with Crippen molar-refractivity contribution in [1.29, 1.82) is 0 Å². The van der Waals surface area contributed by atoms with E-state index in [0.29, 0.717) is 6.42 Å². The SMILES string of the molecule is CC(C)OC(=O)C1C(C)C[C@]2(C)C[C@@H]1C(=O)O2. The van der Waals surface area contributed by atoms with E-state index >= 15 is 0 Å². The quantitative estimate of drug-likeness (QED) is 0.692. The predicted molar refractivity (Wildman–Crippen MR) is 61.1 cm³/mol. The van der Waals surface area contributed by atoms with E-state index in [1.54, 1.807) is 0 Å². The zero-order valence-electron chi connectivity index (χ0n) is 10.9. The van der Waals surface area contributed by atoms with Gasteiger partial charge < -0.3 is 9.47 Å². The Morgan fingerprint density at radius 3 is 2.71 bits per heavy atom. The molecule has 2 rings (SSSR count). The lowest BCUT2D eigenvalue weighted by Gasteiger charge is -2.35. The summed E-state index contributed by atoms with van der Waals surface area (Å²) in [5.74, 6) is -0.993. The van der Waals surface area contributed by atoms with Crippen LogP contribution in [0.1, 0.15) is 40.5 Å². The van der Waals surface area contributed by atoms with Crippen LogP contribution in [0.15, 0.2) is 0 Å². The molecule has 0 N–H and O–H groups in total. The number of carbonyl (C=O) groups excluding carboxylic acids is 2. The van der Waals surface area contributed by atoms with Gasteiger partial charge in [-0.05, 0) is 33.1 Å². The van der Waals surface area contributed by atoms with Gasteiger partial charge in [0.05, 0.1) is 17.9 Å². The Morgan fingerprint density at radius 1 is 1.47 bits per heavy atom. The molecule has 2 aliphatic rings. The van der Waals surface area contributed by atoms with Crippen LogP contribution in [0.4, 0.5) is 0 Å². The maximum atomic E-state index is 12.0. The molecule has 2 fully saturated rings. The van der Waals surface area contributed by atoms with E-state index < -0.39 is 0 Å². The van der Waals surface area contributed by atoms with Gasteiger partial charge in [0.2, 0.25) is 0 Å². The Labute approximate surface area is 102 Å². The van der Waals surface area contributed by atoms with Crippen LogP contribution in [0.5, 0.6) is 0 Å². The summed E-state index contributed by atoms with van der Waals surface area (Å²) in [6.07, 6.45) is 1.25. The van der Waals surface area contributed by atoms with Gasteiger partial charge in [0, 0.05) is 6.42 Å². The minimum atomic E-state index is -0.365. The highest BCUT2D eigenvalue weighted by Gasteiger charge is 2.56. The minimum Gasteiger partial charge on any atom is -0.463 e. The predicted octanol–water partition coefficient (Wildman–Crippen LogP) is 1.92. The Kier molecular flexibility index (Phi) is 2.92. The van der Waals surface area contributed by atoms with Crippen LogP contribution in [0.3, 0.4) is 0 Å². The zero-order chi connectivity index (χ0) is 12.8. The lowest BCUT2D eigenvalue weighted by Crippen LogP contribution is -2.41. The van der Waals surface area contributed by atoms with E-state index in [9.17, 15) is 9.59 Å². The Bertz CT molecular complexity index is 349. The average Bonchev–Trinajstić information content (AvgIpc) is 2.35. The van der Waals surface area contributed by atoms with E-state index in [0.717, 1.165) is 6.42 Å².